The van der Waals surface area contributed by atoms with E-state index < -0.39 is 0 Å². The maximum absolute atomic E-state index is 6.08. The molecule has 2 heterocycles. The Balaban J connectivity index is 1.66. The zero-order valence-electron chi connectivity index (χ0n) is 13.9. The predicted molar refractivity (Wildman–Crippen MR) is 101 cm³/mol. The molecule has 1 saturated heterocycles. The van der Waals surface area contributed by atoms with E-state index in [0.717, 1.165) is 24.5 Å². The van der Waals surface area contributed by atoms with Gasteiger partial charge in [0.25, 0.3) is 0 Å². The third kappa shape index (κ3) is 4.27. The maximum Gasteiger partial charge on any atom is 0.193 e. The summed E-state index contributed by atoms with van der Waals surface area (Å²) < 4.78 is 5.23. The number of anilines is 1. The van der Waals surface area contributed by atoms with E-state index in [0.29, 0.717) is 18.5 Å². The number of guanidine groups is 1. The number of rotatable bonds is 6. The fourth-order valence-corrected chi connectivity index (χ4v) is 3.84. The average Bonchev–Trinajstić information content (AvgIpc) is 3.29. The van der Waals surface area contributed by atoms with E-state index in [2.05, 4.69) is 32.7 Å². The smallest absolute Gasteiger partial charge is 0.193 e. The van der Waals surface area contributed by atoms with Crippen LogP contribution in [0, 0.1) is 0 Å². The van der Waals surface area contributed by atoms with Crippen molar-refractivity contribution < 1.29 is 4.74 Å². The Kier molecular flexibility index (Phi) is 5.72. The van der Waals surface area contributed by atoms with Crippen LogP contribution in [-0.2, 0) is 0 Å². The molecule has 1 fully saturated rings. The molecule has 1 aliphatic heterocycles. The van der Waals surface area contributed by atoms with Crippen molar-refractivity contribution in [3.8, 4) is 5.75 Å². The van der Waals surface area contributed by atoms with Crippen LogP contribution in [0.4, 0.5) is 5.69 Å². The van der Waals surface area contributed by atoms with Crippen molar-refractivity contribution in [1.29, 1.82) is 0 Å². The summed E-state index contributed by atoms with van der Waals surface area (Å²) in [4.78, 5) is 8.45. The Morgan fingerprint density at radius 2 is 2.17 bits per heavy atom. The van der Waals surface area contributed by atoms with Crippen LogP contribution in [0.15, 0.2) is 46.8 Å². The highest BCUT2D eigenvalue weighted by Crippen LogP contribution is 2.28. The van der Waals surface area contributed by atoms with Crippen LogP contribution in [-0.4, -0.2) is 37.6 Å². The van der Waals surface area contributed by atoms with Crippen LogP contribution in [0.5, 0.6) is 5.75 Å². The molecular weight excluding hydrogens is 320 g/mol. The molecule has 128 valence electrons. The average molecular weight is 344 g/mol. The van der Waals surface area contributed by atoms with E-state index in [1.165, 1.54) is 17.7 Å². The van der Waals surface area contributed by atoms with Gasteiger partial charge in [0.2, 0.25) is 0 Å². The first-order valence-electron chi connectivity index (χ1n) is 8.24. The topological polar surface area (TPSA) is 62.9 Å². The number of aliphatic imine (C=N–C) groups is 1. The highest BCUT2D eigenvalue weighted by atomic mass is 32.1. The van der Waals surface area contributed by atoms with Gasteiger partial charge in [-0.15, -0.1) is 11.3 Å². The SMILES string of the molecule is COc1cccc(NC(N)=NCC(c2cccs2)N2CCCC2)c1. The van der Waals surface area contributed by atoms with Crippen LogP contribution in [0.3, 0.4) is 0 Å². The number of nitrogens with one attached hydrogen (secondary N) is 1. The molecule has 24 heavy (non-hydrogen) atoms. The van der Waals surface area contributed by atoms with Gasteiger partial charge in [-0.25, -0.2) is 0 Å². The summed E-state index contributed by atoms with van der Waals surface area (Å²) in [5.74, 6) is 1.23. The lowest BCUT2D eigenvalue weighted by Crippen LogP contribution is -2.29. The van der Waals surface area contributed by atoms with Gasteiger partial charge in [-0.1, -0.05) is 12.1 Å². The highest BCUT2D eigenvalue weighted by Gasteiger charge is 2.23. The lowest BCUT2D eigenvalue weighted by molar-refractivity contribution is 0.255. The number of thiophene rings is 1. The van der Waals surface area contributed by atoms with E-state index in [9.17, 15) is 0 Å². The molecule has 3 N–H and O–H groups in total. The second-order valence-corrected chi connectivity index (χ2v) is 6.84. The summed E-state index contributed by atoms with van der Waals surface area (Å²) in [5.41, 5.74) is 6.96. The molecule has 5 nitrogen and oxygen atoms in total. The van der Waals surface area contributed by atoms with Gasteiger partial charge in [-0.2, -0.15) is 0 Å². The number of hydrogen-bond donors (Lipinski definition) is 2. The van der Waals surface area contributed by atoms with Crippen molar-refractivity contribution in [2.24, 2.45) is 10.7 Å². The molecule has 1 aromatic heterocycles. The van der Waals surface area contributed by atoms with Gasteiger partial charge in [-0.05, 0) is 49.5 Å². The van der Waals surface area contributed by atoms with Crippen molar-refractivity contribution in [1.82, 2.24) is 4.90 Å². The Labute approximate surface area is 147 Å². The minimum Gasteiger partial charge on any atom is -0.497 e. The standard InChI is InChI=1S/C18H24N4OS/c1-23-15-7-4-6-14(12-15)21-18(19)20-13-16(17-8-5-11-24-17)22-9-2-3-10-22/h4-8,11-12,16H,2-3,9-10,13H2,1H3,(H3,19,20,21). The number of nitrogens with two attached hydrogens (primary N) is 1. The van der Waals surface area contributed by atoms with Crippen molar-refractivity contribution in [2.45, 2.75) is 18.9 Å². The van der Waals surface area contributed by atoms with Crippen LogP contribution in [0.1, 0.15) is 23.8 Å². The van der Waals surface area contributed by atoms with Crippen molar-refractivity contribution in [3.05, 3.63) is 46.7 Å². The van der Waals surface area contributed by atoms with E-state index in [1.54, 1.807) is 18.4 Å². The maximum atomic E-state index is 6.08. The third-order valence-corrected chi connectivity index (χ3v) is 5.20. The number of benzene rings is 1. The highest BCUT2D eigenvalue weighted by molar-refractivity contribution is 7.10. The lowest BCUT2D eigenvalue weighted by Gasteiger charge is -2.25. The molecule has 0 aliphatic carbocycles. The molecular formula is C18H24N4OS. The zero-order valence-corrected chi connectivity index (χ0v) is 14.8. The fourth-order valence-electron chi connectivity index (χ4n) is 2.99. The Morgan fingerprint density at radius 3 is 2.88 bits per heavy atom. The van der Waals surface area contributed by atoms with Crippen molar-refractivity contribution >= 4 is 23.0 Å². The van der Waals surface area contributed by atoms with Gasteiger partial charge >= 0.3 is 0 Å². The van der Waals surface area contributed by atoms with Crippen LogP contribution in [0.25, 0.3) is 0 Å². The molecule has 0 saturated carbocycles. The third-order valence-electron chi connectivity index (χ3n) is 4.23. The van der Waals surface area contributed by atoms with Crippen LogP contribution < -0.4 is 15.8 Å². The van der Waals surface area contributed by atoms with Gasteiger partial charge in [0, 0.05) is 16.6 Å². The minimum absolute atomic E-state index is 0.318. The molecule has 1 aromatic carbocycles. The molecule has 0 spiro atoms. The summed E-state index contributed by atoms with van der Waals surface area (Å²) in [7, 11) is 1.65. The summed E-state index contributed by atoms with van der Waals surface area (Å²) >= 11 is 1.79. The van der Waals surface area contributed by atoms with Crippen molar-refractivity contribution in [3.63, 3.8) is 0 Å². The number of ether oxygens (including phenoxy) is 1. The number of methoxy groups -OCH3 is 1. The number of likely N-dealkylation sites (tertiary alicyclic amines) is 1. The summed E-state index contributed by atoms with van der Waals surface area (Å²) in [6.07, 6.45) is 2.53. The van der Waals surface area contributed by atoms with Crippen LogP contribution in [0.2, 0.25) is 0 Å². The Hall–Kier alpha value is -2.05. The van der Waals surface area contributed by atoms with E-state index >= 15 is 0 Å². The Morgan fingerprint density at radius 1 is 1.33 bits per heavy atom. The van der Waals surface area contributed by atoms with Gasteiger partial charge in [-0.3, -0.25) is 9.89 Å². The molecule has 0 amide bonds. The summed E-state index contributed by atoms with van der Waals surface area (Å²) in [6, 6.07) is 12.3. The van der Waals surface area contributed by atoms with Gasteiger partial charge in [0.15, 0.2) is 5.96 Å². The second-order valence-electron chi connectivity index (χ2n) is 5.86. The largest absolute Gasteiger partial charge is 0.497 e. The second kappa shape index (κ2) is 8.17. The summed E-state index contributed by atoms with van der Waals surface area (Å²) in [6.45, 7) is 2.95. The van der Waals surface area contributed by atoms with E-state index in [1.807, 2.05) is 24.3 Å². The number of hydrogen-bond acceptors (Lipinski definition) is 4. The molecule has 2 aromatic rings. The molecule has 1 atom stereocenters. The first-order chi connectivity index (χ1) is 11.8. The van der Waals surface area contributed by atoms with Gasteiger partial charge < -0.3 is 15.8 Å². The lowest BCUT2D eigenvalue weighted by atomic mass is 10.2. The monoisotopic (exact) mass is 344 g/mol. The molecule has 6 heteroatoms. The fraction of sp³-hybridized carbons (Fsp3) is 0.389. The van der Waals surface area contributed by atoms with Crippen molar-refractivity contribution in [2.75, 3.05) is 32.1 Å². The first kappa shape index (κ1) is 16.8. The Bertz CT molecular complexity index is 665. The predicted octanol–water partition coefficient (Wildman–Crippen LogP) is 3.32. The zero-order chi connectivity index (χ0) is 16.8. The minimum atomic E-state index is 0.318. The molecule has 3 rings (SSSR count). The molecule has 1 unspecified atom stereocenters. The van der Waals surface area contributed by atoms with E-state index in [4.69, 9.17) is 10.5 Å². The molecule has 1 aliphatic rings. The number of nitrogens with zero attached hydrogens (tertiary/aromatic N) is 2. The molecule has 0 radical (unpaired) electrons. The summed E-state index contributed by atoms with van der Waals surface area (Å²) in [5, 5.41) is 5.27. The van der Waals surface area contributed by atoms with Crippen LogP contribution >= 0.6 is 11.3 Å². The van der Waals surface area contributed by atoms with Gasteiger partial charge in [0.05, 0.1) is 19.7 Å². The first-order valence-corrected chi connectivity index (χ1v) is 9.12. The van der Waals surface area contributed by atoms with Gasteiger partial charge in [0.1, 0.15) is 5.75 Å². The quantitative estimate of drug-likeness (QED) is 0.623. The normalized spacial score (nSPS) is 17.0. The molecule has 0 bridgehead atoms. The van der Waals surface area contributed by atoms with E-state index in [-0.39, 0.29) is 0 Å².